The van der Waals surface area contributed by atoms with Crippen molar-refractivity contribution in [2.24, 2.45) is 0 Å². The van der Waals surface area contributed by atoms with Gasteiger partial charge in [-0.05, 0) is 55.3 Å². The zero-order valence-electron chi connectivity index (χ0n) is 16.6. The Hall–Kier alpha value is -1.89. The van der Waals surface area contributed by atoms with Crippen molar-refractivity contribution in [2.75, 3.05) is 43.9 Å². The molecule has 0 amide bonds. The Morgan fingerprint density at radius 2 is 1.86 bits per heavy atom. The van der Waals surface area contributed by atoms with Crippen molar-refractivity contribution in [1.29, 1.82) is 0 Å². The molecule has 1 saturated heterocycles. The van der Waals surface area contributed by atoms with Crippen molar-refractivity contribution in [1.82, 2.24) is 9.88 Å². The summed E-state index contributed by atoms with van der Waals surface area (Å²) in [4.78, 5) is 8.98. The smallest absolute Gasteiger partial charge is 0.123 e. The Bertz CT molecular complexity index is 985. The van der Waals surface area contributed by atoms with Crippen LogP contribution in [-0.4, -0.2) is 53.1 Å². The summed E-state index contributed by atoms with van der Waals surface area (Å²) >= 11 is 0. The van der Waals surface area contributed by atoms with Gasteiger partial charge in [0.25, 0.3) is 0 Å². The van der Waals surface area contributed by atoms with E-state index >= 15 is 0 Å². The van der Waals surface area contributed by atoms with E-state index in [2.05, 4.69) is 20.9 Å². The summed E-state index contributed by atoms with van der Waals surface area (Å²) in [5, 5.41) is 0.994. The highest BCUT2D eigenvalue weighted by Crippen LogP contribution is 2.25. The van der Waals surface area contributed by atoms with Crippen LogP contribution in [0.5, 0.6) is 0 Å². The molecule has 4 rings (SSSR count). The molecule has 7 heteroatoms. The van der Waals surface area contributed by atoms with Crippen molar-refractivity contribution >= 4 is 39.8 Å². The minimum Gasteiger partial charge on any atom is -0.368 e. The van der Waals surface area contributed by atoms with Crippen molar-refractivity contribution in [3.05, 3.63) is 60.0 Å². The third-order valence-electron chi connectivity index (χ3n) is 5.54. The standard InChI is InChI=1S/C22H26FN3OS.ClH/c1-28(27)22-7-3-2-6-21(22)26-13-11-25(12-14-26)10-4-5-17-16-24-20-9-8-18(23)15-19(17)20;/h2-3,6-9,15-16,24H,4-5,10-14H2,1H3;1H. The molecule has 0 bridgehead atoms. The van der Waals surface area contributed by atoms with E-state index in [4.69, 9.17) is 0 Å². The summed E-state index contributed by atoms with van der Waals surface area (Å²) in [6, 6.07) is 12.9. The fourth-order valence-corrected chi connectivity index (χ4v) is 4.79. The fourth-order valence-electron chi connectivity index (χ4n) is 4.02. The Kier molecular flexibility index (Phi) is 7.33. The molecule has 0 saturated carbocycles. The minimum atomic E-state index is -0.971. The first-order valence-corrected chi connectivity index (χ1v) is 11.3. The SMILES string of the molecule is CS(=O)c1ccccc1N1CCN(CCCc2c[nH]c3ccc(F)cc23)CC1.Cl. The van der Waals surface area contributed by atoms with Crippen LogP contribution in [0, 0.1) is 5.82 Å². The number of hydrogen-bond acceptors (Lipinski definition) is 3. The number of halogens is 2. The number of rotatable bonds is 6. The van der Waals surface area contributed by atoms with Gasteiger partial charge < -0.3 is 9.88 Å². The molecule has 4 nitrogen and oxygen atoms in total. The molecule has 1 N–H and O–H groups in total. The number of fused-ring (bicyclic) bond motifs is 1. The van der Waals surface area contributed by atoms with Crippen LogP contribution < -0.4 is 4.90 Å². The van der Waals surface area contributed by atoms with E-state index in [1.807, 2.05) is 24.4 Å². The zero-order chi connectivity index (χ0) is 19.5. The lowest BCUT2D eigenvalue weighted by Crippen LogP contribution is -2.47. The number of benzene rings is 2. The summed E-state index contributed by atoms with van der Waals surface area (Å²) in [5.41, 5.74) is 3.29. The van der Waals surface area contributed by atoms with Gasteiger partial charge in [-0.3, -0.25) is 9.11 Å². The lowest BCUT2D eigenvalue weighted by atomic mass is 10.1. The monoisotopic (exact) mass is 435 g/mol. The molecule has 1 fully saturated rings. The molecular formula is C22H27ClFN3OS. The molecule has 1 unspecified atom stereocenters. The maximum absolute atomic E-state index is 13.5. The highest BCUT2D eigenvalue weighted by atomic mass is 35.5. The summed E-state index contributed by atoms with van der Waals surface area (Å²) in [6.45, 7) is 4.95. The lowest BCUT2D eigenvalue weighted by Gasteiger charge is -2.36. The molecule has 29 heavy (non-hydrogen) atoms. The van der Waals surface area contributed by atoms with E-state index < -0.39 is 10.8 Å². The molecule has 1 aliphatic rings. The van der Waals surface area contributed by atoms with Crippen LogP contribution in [0.3, 0.4) is 0 Å². The van der Waals surface area contributed by atoms with Gasteiger partial charge in [-0.15, -0.1) is 12.4 Å². The summed E-state index contributed by atoms with van der Waals surface area (Å²) in [7, 11) is -0.971. The van der Waals surface area contributed by atoms with Crippen molar-refractivity contribution in [3.8, 4) is 0 Å². The Balaban J connectivity index is 0.00000240. The van der Waals surface area contributed by atoms with Gasteiger partial charge in [0.1, 0.15) is 5.82 Å². The number of para-hydroxylation sites is 1. The number of aromatic amines is 1. The fraction of sp³-hybridized carbons (Fsp3) is 0.364. The molecule has 1 atom stereocenters. The number of piperazine rings is 1. The van der Waals surface area contributed by atoms with Crippen LogP contribution in [0.2, 0.25) is 0 Å². The topological polar surface area (TPSA) is 39.3 Å². The second-order valence-corrected chi connectivity index (χ2v) is 8.71. The lowest BCUT2D eigenvalue weighted by molar-refractivity contribution is 0.255. The van der Waals surface area contributed by atoms with Crippen molar-refractivity contribution in [2.45, 2.75) is 17.7 Å². The van der Waals surface area contributed by atoms with Gasteiger partial charge in [-0.1, -0.05) is 12.1 Å². The van der Waals surface area contributed by atoms with Gasteiger partial charge in [-0.2, -0.15) is 0 Å². The maximum atomic E-state index is 13.5. The molecular weight excluding hydrogens is 409 g/mol. The first kappa shape index (κ1) is 21.8. The number of H-pyrrole nitrogens is 1. The van der Waals surface area contributed by atoms with E-state index in [9.17, 15) is 8.60 Å². The van der Waals surface area contributed by atoms with Crippen molar-refractivity contribution < 1.29 is 8.60 Å². The normalized spacial score (nSPS) is 16.0. The molecule has 156 valence electrons. The number of nitrogens with zero attached hydrogens (tertiary/aromatic N) is 2. The maximum Gasteiger partial charge on any atom is 0.123 e. The highest BCUT2D eigenvalue weighted by Gasteiger charge is 2.19. The van der Waals surface area contributed by atoms with E-state index in [1.54, 1.807) is 18.4 Å². The number of aryl methyl sites for hydroxylation is 1. The molecule has 0 spiro atoms. The zero-order valence-corrected chi connectivity index (χ0v) is 18.2. The van der Waals surface area contributed by atoms with Crippen LogP contribution in [0.25, 0.3) is 10.9 Å². The number of hydrogen-bond donors (Lipinski definition) is 1. The van der Waals surface area contributed by atoms with E-state index in [1.165, 1.54) is 11.6 Å². The van der Waals surface area contributed by atoms with Crippen LogP contribution in [0.1, 0.15) is 12.0 Å². The predicted molar refractivity (Wildman–Crippen MR) is 121 cm³/mol. The first-order valence-electron chi connectivity index (χ1n) is 9.77. The van der Waals surface area contributed by atoms with Gasteiger partial charge in [-0.25, -0.2) is 4.39 Å². The number of nitrogens with one attached hydrogen (secondary N) is 1. The highest BCUT2D eigenvalue weighted by molar-refractivity contribution is 7.84. The number of aromatic nitrogens is 1. The second kappa shape index (κ2) is 9.74. The predicted octanol–water partition coefficient (Wildman–Crippen LogP) is 4.22. The molecule has 2 heterocycles. The largest absolute Gasteiger partial charge is 0.368 e. The Morgan fingerprint density at radius 3 is 2.62 bits per heavy atom. The summed E-state index contributed by atoms with van der Waals surface area (Å²) in [6.07, 6.45) is 5.75. The Morgan fingerprint density at radius 1 is 1.10 bits per heavy atom. The molecule has 3 aromatic rings. The third-order valence-corrected chi connectivity index (χ3v) is 6.50. The van der Waals surface area contributed by atoms with Gasteiger partial charge in [0.05, 0.1) is 21.4 Å². The third kappa shape index (κ3) is 5.00. The molecule has 1 aromatic heterocycles. The summed E-state index contributed by atoms with van der Waals surface area (Å²) < 4.78 is 25.5. The quantitative estimate of drug-likeness (QED) is 0.630. The van der Waals surface area contributed by atoms with E-state index in [-0.39, 0.29) is 18.2 Å². The second-order valence-electron chi connectivity index (χ2n) is 7.36. The minimum absolute atomic E-state index is 0. The van der Waals surface area contributed by atoms with Crippen LogP contribution >= 0.6 is 12.4 Å². The average molecular weight is 436 g/mol. The van der Waals surface area contributed by atoms with Crippen LogP contribution in [0.15, 0.2) is 53.6 Å². The average Bonchev–Trinajstić information content (AvgIpc) is 3.10. The van der Waals surface area contributed by atoms with E-state index in [0.29, 0.717) is 0 Å². The van der Waals surface area contributed by atoms with Gasteiger partial charge in [0, 0.05) is 49.5 Å². The van der Waals surface area contributed by atoms with Crippen molar-refractivity contribution in [3.63, 3.8) is 0 Å². The Labute approximate surface area is 180 Å². The van der Waals surface area contributed by atoms with Crippen LogP contribution in [0.4, 0.5) is 10.1 Å². The van der Waals surface area contributed by atoms with Crippen LogP contribution in [-0.2, 0) is 17.2 Å². The van der Waals surface area contributed by atoms with Gasteiger partial charge >= 0.3 is 0 Å². The van der Waals surface area contributed by atoms with E-state index in [0.717, 1.165) is 67.1 Å². The number of anilines is 1. The molecule has 0 radical (unpaired) electrons. The summed E-state index contributed by atoms with van der Waals surface area (Å²) in [5.74, 6) is -0.183. The van der Waals surface area contributed by atoms with Gasteiger partial charge in [0.15, 0.2) is 0 Å². The first-order chi connectivity index (χ1) is 13.6. The molecule has 2 aromatic carbocycles. The molecule has 1 aliphatic heterocycles. The van der Waals surface area contributed by atoms with Gasteiger partial charge in [0.2, 0.25) is 0 Å². The molecule has 0 aliphatic carbocycles.